The Morgan fingerprint density at radius 2 is 1.35 bits per heavy atom. The van der Waals surface area contributed by atoms with Crippen molar-refractivity contribution in [2.45, 2.75) is 113 Å². The second kappa shape index (κ2) is 11.5. The zero-order valence-electron chi connectivity index (χ0n) is 18.0. The molecule has 0 aromatic rings. The van der Waals surface area contributed by atoms with Crippen LogP contribution in [0.15, 0.2) is 0 Å². The van der Waals surface area contributed by atoms with Crippen molar-refractivity contribution in [3.05, 3.63) is 0 Å². The van der Waals surface area contributed by atoms with Crippen LogP contribution in [-0.2, 0) is 0 Å². The van der Waals surface area contributed by atoms with Crippen molar-refractivity contribution in [2.24, 2.45) is 17.8 Å². The molecule has 0 aromatic heterocycles. The molecule has 5 unspecified atom stereocenters. The van der Waals surface area contributed by atoms with Crippen molar-refractivity contribution in [1.29, 1.82) is 0 Å². The molecule has 0 saturated carbocycles. The van der Waals surface area contributed by atoms with Gasteiger partial charge in [0, 0.05) is 5.92 Å². The van der Waals surface area contributed by atoms with Gasteiger partial charge in [0.15, 0.2) is 0 Å². The maximum atomic E-state index is 2.56. The Morgan fingerprint density at radius 1 is 0.739 bits per heavy atom. The fourth-order valence-electron chi connectivity index (χ4n) is 4.29. The molecule has 0 amide bonds. The molecule has 0 heterocycles. The van der Waals surface area contributed by atoms with Gasteiger partial charge < -0.3 is 4.48 Å². The average molecular weight is 327 g/mol. The lowest BCUT2D eigenvalue weighted by Crippen LogP contribution is -2.62. The Kier molecular flexibility index (Phi) is 11.5. The first-order valence-electron chi connectivity index (χ1n) is 10.6. The van der Waals surface area contributed by atoms with Crippen molar-refractivity contribution in [2.75, 3.05) is 13.1 Å². The monoisotopic (exact) mass is 326 g/mol. The highest BCUT2D eigenvalue weighted by atomic mass is 15.4. The highest BCUT2D eigenvalue weighted by Gasteiger charge is 2.40. The quantitative estimate of drug-likeness (QED) is 0.323. The molecule has 0 aliphatic carbocycles. The summed E-state index contributed by atoms with van der Waals surface area (Å²) in [6.07, 6.45) is 8.10. The first-order valence-corrected chi connectivity index (χ1v) is 10.6. The van der Waals surface area contributed by atoms with Crippen molar-refractivity contribution in [3.63, 3.8) is 0 Å². The zero-order valence-corrected chi connectivity index (χ0v) is 18.0. The maximum Gasteiger partial charge on any atom is 0.0892 e. The van der Waals surface area contributed by atoms with E-state index in [2.05, 4.69) is 62.3 Å². The summed E-state index contributed by atoms with van der Waals surface area (Å²) in [5.74, 6) is 2.52. The third-order valence-corrected chi connectivity index (χ3v) is 6.91. The van der Waals surface area contributed by atoms with Crippen LogP contribution in [0.5, 0.6) is 0 Å². The normalized spacial score (nSPS) is 20.1. The van der Waals surface area contributed by atoms with Gasteiger partial charge in [-0.1, -0.05) is 67.2 Å². The van der Waals surface area contributed by atoms with Crippen LogP contribution in [0, 0.1) is 17.8 Å². The van der Waals surface area contributed by atoms with Crippen LogP contribution in [0.4, 0.5) is 0 Å². The van der Waals surface area contributed by atoms with Gasteiger partial charge in [-0.25, -0.2) is 0 Å². The van der Waals surface area contributed by atoms with E-state index in [1.165, 1.54) is 56.1 Å². The summed E-state index contributed by atoms with van der Waals surface area (Å²) in [6, 6.07) is 1.50. The minimum absolute atomic E-state index is 0.733. The van der Waals surface area contributed by atoms with E-state index in [0.29, 0.717) is 0 Å². The second-order valence-corrected chi connectivity index (χ2v) is 8.67. The molecular formula is C22H48N+. The predicted octanol–water partition coefficient (Wildman–Crippen LogP) is 6.91. The number of nitrogens with zero attached hydrogens (tertiary/aromatic N) is 1. The van der Waals surface area contributed by atoms with Gasteiger partial charge in [-0.05, 0) is 45.4 Å². The van der Waals surface area contributed by atoms with Crippen LogP contribution in [0.25, 0.3) is 0 Å². The molecule has 140 valence electrons. The van der Waals surface area contributed by atoms with Gasteiger partial charge in [0.1, 0.15) is 0 Å². The standard InChI is InChI=1S/C22H48N/c1-10-13-16-23(18(4)5,17-15-19(6)12-3)22(9)21(8)20(7)14-11-2/h18-22H,10-17H2,1-9H3/q+1. The summed E-state index contributed by atoms with van der Waals surface area (Å²) in [7, 11) is 0. The van der Waals surface area contributed by atoms with Crippen LogP contribution in [0.1, 0.15) is 101 Å². The summed E-state index contributed by atoms with van der Waals surface area (Å²) >= 11 is 0. The van der Waals surface area contributed by atoms with Crippen LogP contribution in [0.3, 0.4) is 0 Å². The van der Waals surface area contributed by atoms with E-state index in [0.717, 1.165) is 29.8 Å². The molecular weight excluding hydrogens is 278 g/mol. The number of unbranched alkanes of at least 4 members (excludes halogenated alkanes) is 1. The van der Waals surface area contributed by atoms with Gasteiger partial charge in [-0.2, -0.15) is 0 Å². The van der Waals surface area contributed by atoms with E-state index < -0.39 is 0 Å². The summed E-state index contributed by atoms with van der Waals surface area (Å²) in [5, 5.41) is 0. The van der Waals surface area contributed by atoms with Gasteiger partial charge in [0.25, 0.3) is 0 Å². The Hall–Kier alpha value is -0.0400. The smallest absolute Gasteiger partial charge is 0.0892 e. The third kappa shape index (κ3) is 6.77. The molecule has 0 radical (unpaired) electrons. The van der Waals surface area contributed by atoms with Crippen molar-refractivity contribution >= 4 is 0 Å². The van der Waals surface area contributed by atoms with Crippen molar-refractivity contribution in [3.8, 4) is 0 Å². The summed E-state index contributed by atoms with van der Waals surface area (Å²) in [6.45, 7) is 24.7. The molecule has 0 aromatic carbocycles. The molecule has 0 fully saturated rings. The fourth-order valence-corrected chi connectivity index (χ4v) is 4.29. The molecule has 23 heavy (non-hydrogen) atoms. The van der Waals surface area contributed by atoms with E-state index in [1.807, 2.05) is 0 Å². The lowest BCUT2D eigenvalue weighted by Gasteiger charge is -2.50. The van der Waals surface area contributed by atoms with Gasteiger partial charge in [0.2, 0.25) is 0 Å². The highest BCUT2D eigenvalue weighted by molar-refractivity contribution is 4.72. The van der Waals surface area contributed by atoms with Gasteiger partial charge in [-0.15, -0.1) is 0 Å². The Balaban J connectivity index is 5.32. The van der Waals surface area contributed by atoms with E-state index in [-0.39, 0.29) is 0 Å². The fraction of sp³-hybridized carbons (Fsp3) is 1.00. The molecule has 0 spiro atoms. The Bertz CT molecular complexity index is 286. The molecule has 0 rings (SSSR count). The Morgan fingerprint density at radius 3 is 1.78 bits per heavy atom. The molecule has 1 heteroatoms. The number of hydrogen-bond acceptors (Lipinski definition) is 0. The van der Waals surface area contributed by atoms with Crippen LogP contribution in [0.2, 0.25) is 0 Å². The third-order valence-electron chi connectivity index (χ3n) is 6.91. The predicted molar refractivity (Wildman–Crippen MR) is 107 cm³/mol. The molecule has 5 atom stereocenters. The number of quaternary nitrogens is 1. The van der Waals surface area contributed by atoms with E-state index in [9.17, 15) is 0 Å². The zero-order chi connectivity index (χ0) is 18.0. The van der Waals surface area contributed by atoms with E-state index in [1.54, 1.807) is 0 Å². The first-order chi connectivity index (χ1) is 10.8. The molecule has 1 nitrogen and oxygen atoms in total. The second-order valence-electron chi connectivity index (χ2n) is 8.67. The lowest BCUT2D eigenvalue weighted by molar-refractivity contribution is -0.972. The minimum atomic E-state index is 0.733. The lowest BCUT2D eigenvalue weighted by atomic mass is 9.83. The SMILES string of the molecule is CCCC[N+](CCC(C)CC)(C(C)C)C(C)C(C)C(C)CCC. The minimum Gasteiger partial charge on any atom is -0.319 e. The van der Waals surface area contributed by atoms with Gasteiger partial charge in [0.05, 0.1) is 25.2 Å². The van der Waals surface area contributed by atoms with Crippen LogP contribution < -0.4 is 0 Å². The largest absolute Gasteiger partial charge is 0.319 e. The van der Waals surface area contributed by atoms with Gasteiger partial charge >= 0.3 is 0 Å². The molecule has 0 saturated heterocycles. The molecule has 0 N–H and O–H groups in total. The molecule has 0 bridgehead atoms. The summed E-state index contributed by atoms with van der Waals surface area (Å²) < 4.78 is 1.34. The number of hydrogen-bond donors (Lipinski definition) is 0. The van der Waals surface area contributed by atoms with E-state index >= 15 is 0 Å². The summed E-state index contributed by atoms with van der Waals surface area (Å²) in [5.41, 5.74) is 0. The van der Waals surface area contributed by atoms with Crippen LogP contribution >= 0.6 is 0 Å². The van der Waals surface area contributed by atoms with Gasteiger partial charge in [-0.3, -0.25) is 0 Å². The molecule has 0 aliphatic rings. The van der Waals surface area contributed by atoms with Crippen molar-refractivity contribution < 1.29 is 4.48 Å². The van der Waals surface area contributed by atoms with Crippen LogP contribution in [-0.4, -0.2) is 29.7 Å². The maximum absolute atomic E-state index is 2.56. The number of rotatable bonds is 13. The van der Waals surface area contributed by atoms with Crippen molar-refractivity contribution in [1.82, 2.24) is 0 Å². The Labute approximate surface area is 148 Å². The first kappa shape index (κ1) is 23.0. The summed E-state index contributed by atoms with van der Waals surface area (Å²) in [4.78, 5) is 0. The highest BCUT2D eigenvalue weighted by Crippen LogP contribution is 2.32. The average Bonchev–Trinajstić information content (AvgIpc) is 2.53. The van der Waals surface area contributed by atoms with E-state index in [4.69, 9.17) is 0 Å². The molecule has 0 aliphatic heterocycles. The topological polar surface area (TPSA) is 0 Å².